The van der Waals surface area contributed by atoms with E-state index >= 15 is 0 Å². The summed E-state index contributed by atoms with van der Waals surface area (Å²) in [5, 5.41) is 0. The molecule has 6 heteroatoms. The molecule has 0 aromatic heterocycles. The molecule has 0 N–H and O–H groups in total. The lowest BCUT2D eigenvalue weighted by atomic mass is 10.1. The number of anilines is 1. The number of hydrogen-bond donors (Lipinski definition) is 0. The molecule has 126 valence electrons. The van der Waals surface area contributed by atoms with Crippen molar-refractivity contribution in [3.8, 4) is 0 Å². The molecule has 1 aromatic carbocycles. The van der Waals surface area contributed by atoms with Gasteiger partial charge in [-0.25, -0.2) is 9.18 Å². The van der Waals surface area contributed by atoms with Crippen LogP contribution in [0, 0.1) is 5.82 Å². The Kier molecular flexibility index (Phi) is 5.24. The summed E-state index contributed by atoms with van der Waals surface area (Å²) >= 11 is 1.38. The van der Waals surface area contributed by atoms with Gasteiger partial charge in [0.2, 0.25) is 0 Å². The minimum absolute atomic E-state index is 0.294. The zero-order valence-corrected chi connectivity index (χ0v) is 14.8. The number of hydrogen-bond acceptors (Lipinski definition) is 4. The molecule has 0 bridgehead atoms. The maximum absolute atomic E-state index is 14.8. The van der Waals surface area contributed by atoms with Crippen LogP contribution < -0.4 is 4.90 Å². The Labute approximate surface area is 140 Å². The lowest BCUT2D eigenvalue weighted by Crippen LogP contribution is -2.40. The molecule has 0 spiro atoms. The summed E-state index contributed by atoms with van der Waals surface area (Å²) in [6, 6.07) is 3.31. The molecule has 1 aromatic rings. The highest BCUT2D eigenvalue weighted by Crippen LogP contribution is 2.40. The quantitative estimate of drug-likeness (QED) is 0.750. The molecule has 1 aliphatic rings. The average Bonchev–Trinajstić information content (AvgIpc) is 2.45. The van der Waals surface area contributed by atoms with E-state index in [-0.39, 0.29) is 0 Å². The fourth-order valence-corrected chi connectivity index (χ4v) is 3.27. The fourth-order valence-electron chi connectivity index (χ4n) is 2.23. The predicted octanol–water partition coefficient (Wildman–Crippen LogP) is 4.68. The lowest BCUT2D eigenvalue weighted by Gasteiger charge is -2.31. The second-order valence-electron chi connectivity index (χ2n) is 6.11. The van der Waals surface area contributed by atoms with Crippen LogP contribution in [-0.2, 0) is 9.47 Å². The first kappa shape index (κ1) is 17.7. The first-order valence-electron chi connectivity index (χ1n) is 7.52. The molecule has 2 rings (SSSR count). The van der Waals surface area contributed by atoms with Crippen LogP contribution in [-0.4, -0.2) is 30.6 Å². The Bertz CT molecular complexity index is 625. The van der Waals surface area contributed by atoms with E-state index in [1.165, 1.54) is 16.7 Å². The standard InChI is InChI=1S/C17H22FNO3S/c1-6-21-11(2)12-7-8-13-15(14(12)18)23-10-9-19(13)16(20)22-17(3,4)5/h7-8H,2,6,9-10H2,1,3-5H3. The maximum atomic E-state index is 14.8. The molecule has 0 saturated heterocycles. The van der Waals surface area contributed by atoms with Crippen molar-refractivity contribution in [2.45, 2.75) is 38.2 Å². The number of ether oxygens (including phenoxy) is 2. The third-order valence-corrected chi connectivity index (χ3v) is 4.23. The third kappa shape index (κ3) is 3.99. The zero-order chi connectivity index (χ0) is 17.2. The maximum Gasteiger partial charge on any atom is 0.414 e. The van der Waals surface area contributed by atoms with Gasteiger partial charge in [0.05, 0.1) is 22.8 Å². The van der Waals surface area contributed by atoms with E-state index in [4.69, 9.17) is 9.47 Å². The van der Waals surface area contributed by atoms with Gasteiger partial charge in [-0.1, -0.05) is 6.58 Å². The molecule has 0 radical (unpaired) electrons. The summed E-state index contributed by atoms with van der Waals surface area (Å²) in [5.74, 6) is 0.496. The van der Waals surface area contributed by atoms with Crippen LogP contribution in [0.1, 0.15) is 33.3 Å². The van der Waals surface area contributed by atoms with Crippen molar-refractivity contribution in [3.05, 3.63) is 30.1 Å². The smallest absolute Gasteiger partial charge is 0.414 e. The molecule has 0 saturated carbocycles. The van der Waals surface area contributed by atoms with E-state index in [1.54, 1.807) is 32.9 Å². The van der Waals surface area contributed by atoms with Crippen LogP contribution in [0.3, 0.4) is 0 Å². The Morgan fingerprint density at radius 2 is 2.13 bits per heavy atom. The number of fused-ring (bicyclic) bond motifs is 1. The SMILES string of the molecule is C=C(OCC)c1ccc2c(c1F)SCCN2C(=O)OC(C)(C)C. The summed E-state index contributed by atoms with van der Waals surface area (Å²) < 4.78 is 25.5. The fraction of sp³-hybridized carbons (Fsp3) is 0.471. The lowest BCUT2D eigenvalue weighted by molar-refractivity contribution is 0.0581. The highest BCUT2D eigenvalue weighted by molar-refractivity contribution is 7.99. The van der Waals surface area contributed by atoms with Crippen molar-refractivity contribution in [1.29, 1.82) is 0 Å². The third-order valence-electron chi connectivity index (χ3n) is 3.16. The van der Waals surface area contributed by atoms with Gasteiger partial charge in [-0.3, -0.25) is 4.90 Å². The minimum atomic E-state index is -0.594. The second kappa shape index (κ2) is 6.83. The largest absolute Gasteiger partial charge is 0.494 e. The number of carbonyl (C=O) groups excluding carboxylic acids is 1. The van der Waals surface area contributed by atoms with Gasteiger partial charge in [-0.2, -0.15) is 0 Å². The molecular formula is C17H22FNO3S. The molecular weight excluding hydrogens is 317 g/mol. The van der Waals surface area contributed by atoms with E-state index in [2.05, 4.69) is 6.58 Å². The van der Waals surface area contributed by atoms with Crippen molar-refractivity contribution < 1.29 is 18.7 Å². The Morgan fingerprint density at radius 3 is 2.74 bits per heavy atom. The van der Waals surface area contributed by atoms with Crippen molar-refractivity contribution in [2.75, 3.05) is 23.8 Å². The van der Waals surface area contributed by atoms with Gasteiger partial charge in [0.15, 0.2) is 0 Å². The number of carbonyl (C=O) groups is 1. The molecule has 0 unspecified atom stereocenters. The van der Waals surface area contributed by atoms with Crippen LogP contribution in [0.15, 0.2) is 23.6 Å². The van der Waals surface area contributed by atoms with Crippen molar-refractivity contribution in [2.24, 2.45) is 0 Å². The van der Waals surface area contributed by atoms with Crippen LogP contribution in [0.25, 0.3) is 5.76 Å². The molecule has 23 heavy (non-hydrogen) atoms. The molecule has 0 atom stereocenters. The minimum Gasteiger partial charge on any atom is -0.494 e. The molecule has 0 fully saturated rings. The second-order valence-corrected chi connectivity index (χ2v) is 7.22. The molecule has 1 amide bonds. The topological polar surface area (TPSA) is 38.8 Å². The summed E-state index contributed by atoms with van der Waals surface area (Å²) in [6.45, 7) is 11.9. The Morgan fingerprint density at radius 1 is 1.43 bits per heavy atom. The van der Waals surface area contributed by atoms with Gasteiger partial charge in [0.25, 0.3) is 0 Å². The van der Waals surface area contributed by atoms with Gasteiger partial charge >= 0.3 is 6.09 Å². The van der Waals surface area contributed by atoms with Crippen molar-refractivity contribution in [3.63, 3.8) is 0 Å². The number of halogens is 1. The zero-order valence-electron chi connectivity index (χ0n) is 13.9. The van der Waals surface area contributed by atoms with E-state index in [0.717, 1.165) is 0 Å². The summed E-state index contributed by atoms with van der Waals surface area (Å²) in [7, 11) is 0. The van der Waals surface area contributed by atoms with Crippen LogP contribution >= 0.6 is 11.8 Å². The van der Waals surface area contributed by atoms with Gasteiger partial charge in [-0.05, 0) is 39.8 Å². The highest BCUT2D eigenvalue weighted by Gasteiger charge is 2.30. The molecule has 1 aliphatic heterocycles. The van der Waals surface area contributed by atoms with Gasteiger partial charge < -0.3 is 9.47 Å². The Balaban J connectivity index is 2.35. The first-order chi connectivity index (χ1) is 10.7. The van der Waals surface area contributed by atoms with Crippen molar-refractivity contribution in [1.82, 2.24) is 0 Å². The summed E-state index contributed by atoms with van der Waals surface area (Å²) in [6.07, 6.45) is -0.463. The number of nitrogens with zero attached hydrogens (tertiary/aromatic N) is 1. The van der Waals surface area contributed by atoms with Gasteiger partial charge in [-0.15, -0.1) is 11.8 Å². The van der Waals surface area contributed by atoms with E-state index in [1.807, 2.05) is 6.92 Å². The van der Waals surface area contributed by atoms with Gasteiger partial charge in [0, 0.05) is 12.3 Å². The van der Waals surface area contributed by atoms with E-state index in [9.17, 15) is 9.18 Å². The normalized spacial score (nSPS) is 14.2. The molecule has 0 aliphatic carbocycles. The first-order valence-corrected chi connectivity index (χ1v) is 8.51. The van der Waals surface area contributed by atoms with Crippen molar-refractivity contribution >= 4 is 29.3 Å². The predicted molar refractivity (Wildman–Crippen MR) is 91.4 cm³/mol. The summed E-state index contributed by atoms with van der Waals surface area (Å²) in [5.41, 5.74) is 0.258. The average molecular weight is 339 g/mol. The van der Waals surface area contributed by atoms with E-state index in [0.29, 0.717) is 40.8 Å². The number of rotatable bonds is 3. The van der Waals surface area contributed by atoms with E-state index < -0.39 is 17.5 Å². The number of thioether (sulfide) groups is 1. The van der Waals surface area contributed by atoms with Crippen LogP contribution in [0.2, 0.25) is 0 Å². The Hall–Kier alpha value is -1.69. The molecule has 1 heterocycles. The highest BCUT2D eigenvalue weighted by atomic mass is 32.2. The molecule has 4 nitrogen and oxygen atoms in total. The van der Waals surface area contributed by atoms with Crippen LogP contribution in [0.4, 0.5) is 14.9 Å². The van der Waals surface area contributed by atoms with Crippen LogP contribution in [0.5, 0.6) is 0 Å². The monoisotopic (exact) mass is 339 g/mol. The number of amides is 1. The van der Waals surface area contributed by atoms with Gasteiger partial charge in [0.1, 0.15) is 17.2 Å². The number of benzene rings is 1. The summed E-state index contributed by atoms with van der Waals surface area (Å²) in [4.78, 5) is 14.2.